The van der Waals surface area contributed by atoms with Crippen LogP contribution in [-0.4, -0.2) is 50.3 Å². The number of hydrogen-bond acceptors (Lipinski definition) is 6. The molecule has 0 saturated heterocycles. The van der Waals surface area contributed by atoms with Crippen molar-refractivity contribution in [2.45, 2.75) is 30.2 Å². The van der Waals surface area contributed by atoms with Gasteiger partial charge in [-0.2, -0.15) is 13.2 Å². The first-order valence-electron chi connectivity index (χ1n) is 8.85. The Kier molecular flexibility index (Phi) is 9.97. The van der Waals surface area contributed by atoms with Gasteiger partial charge >= 0.3 is 18.1 Å². The number of alkyl halides is 3. The molecule has 0 bridgehead atoms. The number of carboxylic acids is 2. The minimum absolute atomic E-state index is 0.0256. The SMILES string of the molecule is CCCCN(C)c1ccc(C(=O)O)cc1NS(=O)(=O)c1ccc(Br)s1.O=C(O)C(F)(F)F. The number of unbranched alkanes of at least 4 members (excludes halogenated alkanes) is 1. The van der Waals surface area contributed by atoms with E-state index in [9.17, 15) is 31.5 Å². The number of thiophene rings is 1. The van der Waals surface area contributed by atoms with E-state index in [0.29, 0.717) is 9.47 Å². The van der Waals surface area contributed by atoms with Gasteiger partial charge in [-0.3, -0.25) is 4.72 Å². The van der Waals surface area contributed by atoms with E-state index < -0.39 is 28.1 Å². The fraction of sp³-hybridized carbons (Fsp3) is 0.333. The molecule has 1 heterocycles. The van der Waals surface area contributed by atoms with Gasteiger partial charge in [0.2, 0.25) is 0 Å². The summed E-state index contributed by atoms with van der Waals surface area (Å²) in [7, 11) is -1.94. The van der Waals surface area contributed by atoms with Crippen molar-refractivity contribution in [1.82, 2.24) is 0 Å². The van der Waals surface area contributed by atoms with E-state index in [1.54, 1.807) is 12.1 Å². The van der Waals surface area contributed by atoms with Gasteiger partial charge in [-0.05, 0) is 52.7 Å². The van der Waals surface area contributed by atoms with Crippen LogP contribution in [0, 0.1) is 0 Å². The monoisotopic (exact) mass is 560 g/mol. The summed E-state index contributed by atoms with van der Waals surface area (Å²) in [5.74, 6) is -3.87. The Morgan fingerprint density at radius 2 is 1.78 bits per heavy atom. The number of rotatable bonds is 8. The number of carbonyl (C=O) groups is 2. The molecule has 1 aromatic heterocycles. The molecule has 32 heavy (non-hydrogen) atoms. The first kappa shape index (κ1) is 27.7. The second-order valence-electron chi connectivity index (χ2n) is 6.28. The van der Waals surface area contributed by atoms with E-state index in [1.165, 1.54) is 18.2 Å². The predicted octanol–water partition coefficient (Wildman–Crippen LogP) is 4.88. The van der Waals surface area contributed by atoms with E-state index in [4.69, 9.17) is 9.90 Å². The lowest BCUT2D eigenvalue weighted by atomic mass is 10.1. The van der Waals surface area contributed by atoms with Gasteiger partial charge in [-0.25, -0.2) is 18.0 Å². The molecule has 8 nitrogen and oxygen atoms in total. The topological polar surface area (TPSA) is 124 Å². The van der Waals surface area contributed by atoms with Gasteiger partial charge in [0.05, 0.1) is 20.7 Å². The summed E-state index contributed by atoms with van der Waals surface area (Å²) in [6.45, 7) is 2.81. The van der Waals surface area contributed by atoms with Gasteiger partial charge in [-0.15, -0.1) is 11.3 Å². The number of benzene rings is 1. The fourth-order valence-corrected chi connectivity index (χ4v) is 5.31. The van der Waals surface area contributed by atoms with Crippen molar-refractivity contribution < 1.29 is 41.4 Å². The Morgan fingerprint density at radius 1 is 1.19 bits per heavy atom. The Morgan fingerprint density at radius 3 is 2.22 bits per heavy atom. The van der Waals surface area contributed by atoms with Crippen molar-refractivity contribution in [2.75, 3.05) is 23.2 Å². The van der Waals surface area contributed by atoms with Crippen molar-refractivity contribution in [3.63, 3.8) is 0 Å². The first-order valence-corrected chi connectivity index (χ1v) is 11.9. The molecule has 0 radical (unpaired) electrons. The molecular formula is C18H20BrF3N2O6S2. The maximum atomic E-state index is 12.6. The van der Waals surface area contributed by atoms with Crippen LogP contribution in [-0.2, 0) is 14.8 Å². The zero-order valence-electron chi connectivity index (χ0n) is 16.8. The smallest absolute Gasteiger partial charge is 0.478 e. The van der Waals surface area contributed by atoms with Crippen LogP contribution in [0.3, 0.4) is 0 Å². The molecular weight excluding hydrogens is 541 g/mol. The molecule has 2 rings (SSSR count). The number of carboxylic acid groups (broad SMARTS) is 2. The summed E-state index contributed by atoms with van der Waals surface area (Å²) in [6, 6.07) is 7.60. The molecule has 0 unspecified atom stereocenters. The van der Waals surface area contributed by atoms with Crippen LogP contribution in [0.1, 0.15) is 30.1 Å². The third-order valence-electron chi connectivity index (χ3n) is 3.80. The Balaban J connectivity index is 0.000000633. The number of halogens is 4. The van der Waals surface area contributed by atoms with Crippen LogP contribution in [0.15, 0.2) is 38.3 Å². The van der Waals surface area contributed by atoms with Gasteiger partial charge in [0.1, 0.15) is 4.21 Å². The number of nitrogens with one attached hydrogen (secondary N) is 1. The molecule has 0 amide bonds. The quantitative estimate of drug-likeness (QED) is 0.420. The maximum absolute atomic E-state index is 12.6. The van der Waals surface area contributed by atoms with Gasteiger partial charge in [0, 0.05) is 13.6 Å². The number of hydrogen-bond donors (Lipinski definition) is 3. The Labute approximate surface area is 194 Å². The van der Waals surface area contributed by atoms with Gasteiger partial charge in [0.25, 0.3) is 10.0 Å². The minimum atomic E-state index is -5.08. The highest BCUT2D eigenvalue weighted by atomic mass is 79.9. The van der Waals surface area contributed by atoms with E-state index in [1.807, 2.05) is 11.9 Å². The van der Waals surface area contributed by atoms with Crippen LogP contribution in [0.2, 0.25) is 0 Å². The van der Waals surface area contributed by atoms with Crippen molar-refractivity contribution in [1.29, 1.82) is 0 Å². The summed E-state index contributed by atoms with van der Waals surface area (Å²) < 4.78 is 60.3. The highest BCUT2D eigenvalue weighted by Gasteiger charge is 2.38. The Hall–Kier alpha value is -2.32. The zero-order valence-corrected chi connectivity index (χ0v) is 20.0. The highest BCUT2D eigenvalue weighted by molar-refractivity contribution is 9.11. The van der Waals surface area contributed by atoms with Crippen LogP contribution in [0.4, 0.5) is 24.5 Å². The Bertz CT molecular complexity index is 1060. The summed E-state index contributed by atoms with van der Waals surface area (Å²) in [6.07, 6.45) is -3.14. The summed E-state index contributed by atoms with van der Waals surface area (Å²) in [5, 5.41) is 16.3. The van der Waals surface area contributed by atoms with Crippen molar-refractivity contribution in [3.8, 4) is 0 Å². The molecule has 0 spiro atoms. The van der Waals surface area contributed by atoms with Gasteiger partial charge in [0.15, 0.2) is 0 Å². The lowest BCUT2D eigenvalue weighted by Crippen LogP contribution is -2.21. The van der Waals surface area contributed by atoms with Crippen LogP contribution < -0.4 is 9.62 Å². The van der Waals surface area contributed by atoms with Crippen molar-refractivity contribution in [3.05, 3.63) is 39.7 Å². The predicted molar refractivity (Wildman–Crippen MR) is 118 cm³/mol. The first-order chi connectivity index (χ1) is 14.7. The van der Waals surface area contributed by atoms with Gasteiger partial charge < -0.3 is 15.1 Å². The molecule has 0 saturated carbocycles. The standard InChI is InChI=1S/C16H19BrN2O4S2.C2HF3O2/c1-3-4-9-19(2)13-6-5-11(16(20)21)10-12(13)18-25(22,23)15-8-7-14(17)24-15;3-2(4,5)1(6)7/h5-8,10,18H,3-4,9H2,1-2H3,(H,20,21);(H,6,7). The van der Waals surface area contributed by atoms with Crippen molar-refractivity contribution in [2.24, 2.45) is 0 Å². The number of aliphatic carboxylic acids is 1. The summed E-state index contributed by atoms with van der Waals surface area (Å²) in [5.41, 5.74) is 0.915. The number of sulfonamides is 1. The molecule has 178 valence electrons. The molecule has 3 N–H and O–H groups in total. The normalized spacial score (nSPS) is 11.3. The number of nitrogens with zero attached hydrogens (tertiary/aromatic N) is 1. The summed E-state index contributed by atoms with van der Waals surface area (Å²) >= 11 is 4.34. The molecule has 1 aromatic carbocycles. The summed E-state index contributed by atoms with van der Waals surface area (Å²) in [4.78, 5) is 22.1. The number of anilines is 2. The third kappa shape index (κ3) is 8.31. The van der Waals surface area contributed by atoms with Crippen LogP contribution in [0.25, 0.3) is 0 Å². The fourth-order valence-electron chi connectivity index (χ4n) is 2.24. The van der Waals surface area contributed by atoms with Crippen LogP contribution >= 0.6 is 27.3 Å². The molecule has 0 aliphatic rings. The van der Waals surface area contributed by atoms with E-state index in [-0.39, 0.29) is 15.5 Å². The molecule has 0 aliphatic heterocycles. The van der Waals surface area contributed by atoms with Gasteiger partial charge in [-0.1, -0.05) is 13.3 Å². The minimum Gasteiger partial charge on any atom is -0.478 e. The molecule has 2 aromatic rings. The van der Waals surface area contributed by atoms with Crippen LogP contribution in [0.5, 0.6) is 0 Å². The lowest BCUT2D eigenvalue weighted by molar-refractivity contribution is -0.192. The molecule has 14 heteroatoms. The zero-order chi connectivity index (χ0) is 24.7. The third-order valence-corrected chi connectivity index (χ3v) is 7.28. The number of aromatic carboxylic acids is 1. The second-order valence-corrected chi connectivity index (χ2v) is 10.7. The van der Waals surface area contributed by atoms with E-state index >= 15 is 0 Å². The highest BCUT2D eigenvalue weighted by Crippen LogP contribution is 2.32. The van der Waals surface area contributed by atoms with E-state index in [0.717, 1.165) is 30.7 Å². The largest absolute Gasteiger partial charge is 0.490 e. The van der Waals surface area contributed by atoms with Crippen molar-refractivity contribution >= 4 is 60.6 Å². The molecule has 0 aliphatic carbocycles. The lowest BCUT2D eigenvalue weighted by Gasteiger charge is -2.23. The molecule has 0 fully saturated rings. The second kappa shape index (κ2) is 11.5. The average molecular weight is 561 g/mol. The average Bonchev–Trinajstić information content (AvgIpc) is 3.13. The van der Waals surface area contributed by atoms with E-state index in [2.05, 4.69) is 27.6 Å². The maximum Gasteiger partial charge on any atom is 0.490 e. The molecule has 0 atom stereocenters.